The highest BCUT2D eigenvalue weighted by atomic mass is 35.5. The Labute approximate surface area is 219 Å². The molecule has 1 aliphatic carbocycles. The van der Waals surface area contributed by atoms with E-state index in [4.69, 9.17) is 32.4 Å². The molecule has 0 saturated carbocycles. The van der Waals surface area contributed by atoms with Gasteiger partial charge in [-0.05, 0) is 49.1 Å². The number of carbonyl (C=O) groups excluding carboxylic acids is 2. The van der Waals surface area contributed by atoms with Crippen LogP contribution in [0.15, 0.2) is 58.0 Å². The molecule has 0 saturated heterocycles. The molecular formula is C26H26Cl2N4O4. The zero-order valence-corrected chi connectivity index (χ0v) is 21.6. The second-order valence-corrected chi connectivity index (χ2v) is 10.1. The quantitative estimate of drug-likeness (QED) is 0.365. The number of hydrazine groups is 1. The van der Waals surface area contributed by atoms with Crippen molar-refractivity contribution in [3.05, 3.63) is 81.2 Å². The van der Waals surface area contributed by atoms with Crippen LogP contribution in [0, 0.1) is 12.3 Å². The molecule has 0 aliphatic heterocycles. The minimum atomic E-state index is -0.576. The van der Waals surface area contributed by atoms with E-state index in [1.54, 1.807) is 19.1 Å². The monoisotopic (exact) mass is 528 g/mol. The Kier molecular flexibility index (Phi) is 7.56. The van der Waals surface area contributed by atoms with Gasteiger partial charge in [0.1, 0.15) is 11.5 Å². The molecule has 10 heteroatoms. The molecule has 3 N–H and O–H groups in total. The van der Waals surface area contributed by atoms with Gasteiger partial charge >= 0.3 is 5.91 Å². The molecule has 0 spiro atoms. The normalized spacial score (nSPS) is 15.2. The Balaban J connectivity index is 1.44. The standard InChI is InChI=1S/C26H26Cl2N4O4/c1-15-23-19(30-29-17-7-5-4-6-8-17)12-26(2,3)13-21(23)36-24(15)25(34)32-31-22(33)14-35-20-10-9-16(27)11-18(20)28/h4-11,29H,12-14H2,1-3H3,(H,31,33)(H,32,34)/b30-19-. The highest BCUT2D eigenvalue weighted by molar-refractivity contribution is 6.35. The maximum Gasteiger partial charge on any atom is 0.305 e. The van der Waals surface area contributed by atoms with Gasteiger partial charge in [-0.1, -0.05) is 55.2 Å². The number of furan rings is 1. The number of ether oxygens (including phenoxy) is 1. The molecule has 4 rings (SSSR count). The Morgan fingerprint density at radius 2 is 1.83 bits per heavy atom. The summed E-state index contributed by atoms with van der Waals surface area (Å²) in [5, 5.41) is 5.36. The summed E-state index contributed by atoms with van der Waals surface area (Å²) in [4.78, 5) is 25.0. The van der Waals surface area contributed by atoms with E-state index >= 15 is 0 Å². The maximum absolute atomic E-state index is 12.8. The zero-order chi connectivity index (χ0) is 25.9. The van der Waals surface area contributed by atoms with E-state index in [9.17, 15) is 9.59 Å². The van der Waals surface area contributed by atoms with Crippen molar-refractivity contribution < 1.29 is 18.7 Å². The molecule has 0 fully saturated rings. The fourth-order valence-corrected chi connectivity index (χ4v) is 4.49. The van der Waals surface area contributed by atoms with Crippen LogP contribution in [0.3, 0.4) is 0 Å². The van der Waals surface area contributed by atoms with Crippen LogP contribution in [0.25, 0.3) is 0 Å². The predicted molar refractivity (Wildman–Crippen MR) is 140 cm³/mol. The van der Waals surface area contributed by atoms with Gasteiger partial charge in [0.2, 0.25) is 0 Å². The van der Waals surface area contributed by atoms with Crippen LogP contribution in [-0.2, 0) is 11.2 Å². The number of rotatable bonds is 6. The fraction of sp³-hybridized carbons (Fsp3) is 0.269. The zero-order valence-electron chi connectivity index (χ0n) is 20.1. The van der Waals surface area contributed by atoms with E-state index in [0.717, 1.165) is 17.0 Å². The summed E-state index contributed by atoms with van der Waals surface area (Å²) >= 11 is 11.9. The first-order valence-corrected chi connectivity index (χ1v) is 12.1. The second-order valence-electron chi connectivity index (χ2n) is 9.27. The Morgan fingerprint density at radius 3 is 2.56 bits per heavy atom. The molecule has 0 bridgehead atoms. The number of para-hydroxylation sites is 1. The van der Waals surface area contributed by atoms with Crippen molar-refractivity contribution in [3.8, 4) is 5.75 Å². The number of hydrogen-bond acceptors (Lipinski definition) is 6. The van der Waals surface area contributed by atoms with Gasteiger partial charge < -0.3 is 9.15 Å². The van der Waals surface area contributed by atoms with Crippen molar-refractivity contribution >= 4 is 46.4 Å². The lowest BCUT2D eigenvalue weighted by atomic mass is 9.75. The predicted octanol–water partition coefficient (Wildman–Crippen LogP) is 5.52. The summed E-state index contributed by atoms with van der Waals surface area (Å²) < 4.78 is 11.4. The molecule has 0 atom stereocenters. The molecule has 0 unspecified atom stereocenters. The van der Waals surface area contributed by atoms with Crippen molar-refractivity contribution in [3.63, 3.8) is 0 Å². The molecule has 188 valence electrons. The molecule has 8 nitrogen and oxygen atoms in total. The summed E-state index contributed by atoms with van der Waals surface area (Å²) in [7, 11) is 0. The minimum absolute atomic E-state index is 0.100. The van der Waals surface area contributed by atoms with Gasteiger partial charge in [-0.3, -0.25) is 25.9 Å². The van der Waals surface area contributed by atoms with Crippen LogP contribution in [0.4, 0.5) is 5.69 Å². The molecule has 2 aromatic carbocycles. The van der Waals surface area contributed by atoms with E-state index < -0.39 is 11.8 Å². The first-order valence-electron chi connectivity index (χ1n) is 11.3. The number of halogens is 2. The van der Waals surface area contributed by atoms with Crippen LogP contribution in [0.2, 0.25) is 10.0 Å². The number of anilines is 1. The van der Waals surface area contributed by atoms with Crippen molar-refractivity contribution in [2.24, 2.45) is 10.5 Å². The van der Waals surface area contributed by atoms with Crippen LogP contribution in [0.5, 0.6) is 5.75 Å². The summed E-state index contributed by atoms with van der Waals surface area (Å²) in [5.41, 5.74) is 10.8. The van der Waals surface area contributed by atoms with Crippen molar-refractivity contribution in [2.45, 2.75) is 33.6 Å². The van der Waals surface area contributed by atoms with E-state index in [1.807, 2.05) is 30.3 Å². The number of hydrazone groups is 1. The van der Waals surface area contributed by atoms with Gasteiger partial charge in [-0.2, -0.15) is 5.10 Å². The van der Waals surface area contributed by atoms with Crippen LogP contribution >= 0.6 is 23.2 Å². The third-order valence-corrected chi connectivity index (χ3v) is 6.19. The van der Waals surface area contributed by atoms with E-state index in [-0.39, 0.29) is 22.8 Å². The number of amides is 2. The number of carbonyl (C=O) groups is 2. The molecule has 1 aromatic heterocycles. The Hall–Kier alpha value is -3.49. The number of benzene rings is 2. The molecular weight excluding hydrogens is 503 g/mol. The van der Waals surface area contributed by atoms with Crippen LogP contribution < -0.4 is 21.0 Å². The van der Waals surface area contributed by atoms with Crippen molar-refractivity contribution in [1.82, 2.24) is 10.9 Å². The highest BCUT2D eigenvalue weighted by Gasteiger charge is 2.36. The minimum Gasteiger partial charge on any atom is -0.482 e. The summed E-state index contributed by atoms with van der Waals surface area (Å²) in [5.74, 6) is -0.0380. The van der Waals surface area contributed by atoms with Crippen molar-refractivity contribution in [2.75, 3.05) is 12.0 Å². The summed E-state index contributed by atoms with van der Waals surface area (Å²) in [6.07, 6.45) is 1.37. The van der Waals surface area contributed by atoms with E-state index in [2.05, 4.69) is 35.2 Å². The average molecular weight is 529 g/mol. The average Bonchev–Trinajstić information content (AvgIpc) is 3.16. The maximum atomic E-state index is 12.8. The van der Waals surface area contributed by atoms with Crippen LogP contribution in [-0.4, -0.2) is 24.1 Å². The lowest BCUT2D eigenvalue weighted by Gasteiger charge is -2.29. The number of nitrogens with zero attached hydrogens (tertiary/aromatic N) is 1. The first-order chi connectivity index (χ1) is 17.1. The molecule has 1 heterocycles. The van der Waals surface area contributed by atoms with Gasteiger partial charge in [0.05, 0.1) is 16.4 Å². The van der Waals surface area contributed by atoms with E-state index in [0.29, 0.717) is 34.9 Å². The second kappa shape index (κ2) is 10.6. The van der Waals surface area contributed by atoms with E-state index in [1.165, 1.54) is 6.07 Å². The Morgan fingerprint density at radius 1 is 1.08 bits per heavy atom. The van der Waals surface area contributed by atoms with Gasteiger partial charge in [-0.15, -0.1) is 0 Å². The van der Waals surface area contributed by atoms with Gasteiger partial charge in [-0.25, -0.2) is 0 Å². The summed E-state index contributed by atoms with van der Waals surface area (Å²) in [6.45, 7) is 5.70. The fourth-order valence-electron chi connectivity index (χ4n) is 4.03. The number of fused-ring (bicyclic) bond motifs is 1. The Bertz CT molecular complexity index is 1320. The summed E-state index contributed by atoms with van der Waals surface area (Å²) in [6, 6.07) is 14.3. The molecule has 3 aromatic rings. The first kappa shape index (κ1) is 25.6. The lowest BCUT2D eigenvalue weighted by Crippen LogP contribution is -2.43. The molecule has 2 amide bonds. The smallest absolute Gasteiger partial charge is 0.305 e. The third-order valence-electron chi connectivity index (χ3n) is 5.66. The van der Waals surface area contributed by atoms with Gasteiger partial charge in [0, 0.05) is 22.6 Å². The van der Waals surface area contributed by atoms with Gasteiger partial charge in [0.25, 0.3) is 5.91 Å². The SMILES string of the molecule is Cc1c(C(=O)NNC(=O)COc2ccc(Cl)cc2Cl)oc2c1/C(=N\Nc1ccccc1)CC(C)(C)C2. The molecule has 0 radical (unpaired) electrons. The largest absolute Gasteiger partial charge is 0.482 e. The van der Waals surface area contributed by atoms with Crippen molar-refractivity contribution in [1.29, 1.82) is 0 Å². The lowest BCUT2D eigenvalue weighted by molar-refractivity contribution is -0.123. The topological polar surface area (TPSA) is 105 Å². The third kappa shape index (κ3) is 6.01. The van der Waals surface area contributed by atoms with Gasteiger partial charge in [0.15, 0.2) is 12.4 Å². The molecule has 1 aliphatic rings. The number of nitrogens with one attached hydrogen (secondary N) is 3. The van der Waals surface area contributed by atoms with Crippen LogP contribution in [0.1, 0.15) is 47.7 Å². The number of hydrogen-bond donors (Lipinski definition) is 3. The highest BCUT2D eigenvalue weighted by Crippen LogP contribution is 2.39. The molecule has 36 heavy (non-hydrogen) atoms.